The van der Waals surface area contributed by atoms with Crippen molar-refractivity contribution in [3.63, 3.8) is 0 Å². The van der Waals surface area contributed by atoms with Crippen LogP contribution in [0.2, 0.25) is 0 Å². The monoisotopic (exact) mass is 265 g/mol. The molecule has 0 aliphatic heterocycles. The van der Waals surface area contributed by atoms with Crippen molar-refractivity contribution in [3.05, 3.63) is 24.1 Å². The van der Waals surface area contributed by atoms with Crippen LogP contribution in [0.3, 0.4) is 0 Å². The Labute approximate surface area is 112 Å². The Bertz CT molecular complexity index is 444. The van der Waals surface area contributed by atoms with E-state index in [1.165, 1.54) is 18.6 Å². The zero-order chi connectivity index (χ0) is 13.7. The summed E-state index contributed by atoms with van der Waals surface area (Å²) in [5.74, 6) is -0.430. The van der Waals surface area contributed by atoms with Crippen molar-refractivity contribution < 1.29 is 9.18 Å². The van der Waals surface area contributed by atoms with E-state index in [9.17, 15) is 9.18 Å². The van der Waals surface area contributed by atoms with E-state index in [4.69, 9.17) is 0 Å². The Balaban J connectivity index is 1.96. The molecule has 2 N–H and O–H groups in total. The molecule has 0 radical (unpaired) electrons. The van der Waals surface area contributed by atoms with Crippen LogP contribution in [0.5, 0.6) is 0 Å². The van der Waals surface area contributed by atoms with Crippen LogP contribution < -0.4 is 10.6 Å². The molecule has 19 heavy (non-hydrogen) atoms. The average molecular weight is 265 g/mol. The van der Waals surface area contributed by atoms with Gasteiger partial charge in [0.2, 0.25) is 11.9 Å². The summed E-state index contributed by atoms with van der Waals surface area (Å²) in [6.07, 6.45) is 5.94. The number of nitrogens with zero attached hydrogens (tertiary/aromatic N) is 1. The fourth-order valence-corrected chi connectivity index (χ4v) is 2.72. The molecule has 1 aliphatic rings. The van der Waals surface area contributed by atoms with Gasteiger partial charge in [-0.25, -0.2) is 4.98 Å². The Kier molecular flexibility index (Phi) is 4.47. The molecular formula is C14H20FN3O. The first-order valence-electron chi connectivity index (χ1n) is 6.75. The van der Waals surface area contributed by atoms with E-state index >= 15 is 0 Å². The smallest absolute Gasteiger partial charge is 0.227 e. The molecule has 4 nitrogen and oxygen atoms in total. The van der Waals surface area contributed by atoms with Crippen LogP contribution >= 0.6 is 0 Å². The summed E-state index contributed by atoms with van der Waals surface area (Å²) in [4.78, 5) is 15.7. The second-order valence-corrected chi connectivity index (χ2v) is 5.16. The van der Waals surface area contributed by atoms with Gasteiger partial charge in [0, 0.05) is 12.0 Å². The summed E-state index contributed by atoms with van der Waals surface area (Å²) in [5, 5.41) is 5.95. The maximum atomic E-state index is 12.9. The van der Waals surface area contributed by atoms with Crippen LogP contribution in [-0.4, -0.2) is 23.5 Å². The maximum absolute atomic E-state index is 12.9. The lowest BCUT2D eigenvalue weighted by atomic mass is 9.79. The van der Waals surface area contributed by atoms with Crippen molar-refractivity contribution in [1.82, 2.24) is 10.3 Å². The van der Waals surface area contributed by atoms with Crippen molar-refractivity contribution in [2.75, 3.05) is 12.4 Å². The summed E-state index contributed by atoms with van der Waals surface area (Å²) >= 11 is 0. The second kappa shape index (κ2) is 6.10. The van der Waals surface area contributed by atoms with E-state index in [-0.39, 0.29) is 17.3 Å². The number of hydrogen-bond acceptors (Lipinski definition) is 3. The predicted octanol–water partition coefficient (Wildman–Crippen LogP) is 2.47. The van der Waals surface area contributed by atoms with Crippen LogP contribution in [0.15, 0.2) is 18.2 Å². The highest BCUT2D eigenvalue weighted by Crippen LogP contribution is 2.30. The first-order valence-corrected chi connectivity index (χ1v) is 6.75. The molecule has 1 amide bonds. The Morgan fingerprint density at radius 3 is 2.74 bits per heavy atom. The number of nitrogens with one attached hydrogen (secondary N) is 2. The SMILES string of the molecule is CNC1(CC(=O)Nc2cccc(F)n2)CCCCC1. The topological polar surface area (TPSA) is 54.0 Å². The normalized spacial score (nSPS) is 18.0. The van der Waals surface area contributed by atoms with Gasteiger partial charge in [0.05, 0.1) is 0 Å². The highest BCUT2D eigenvalue weighted by Gasteiger charge is 2.32. The van der Waals surface area contributed by atoms with Gasteiger partial charge in [-0.05, 0) is 32.0 Å². The summed E-state index contributed by atoms with van der Waals surface area (Å²) in [7, 11) is 1.90. The van der Waals surface area contributed by atoms with Crippen molar-refractivity contribution in [2.24, 2.45) is 0 Å². The molecule has 1 saturated carbocycles. The summed E-state index contributed by atoms with van der Waals surface area (Å²) in [5.41, 5.74) is -0.115. The highest BCUT2D eigenvalue weighted by atomic mass is 19.1. The van der Waals surface area contributed by atoms with Gasteiger partial charge in [-0.3, -0.25) is 4.79 Å². The molecule has 1 fully saturated rings. The second-order valence-electron chi connectivity index (χ2n) is 5.16. The molecule has 0 aromatic carbocycles. The third kappa shape index (κ3) is 3.73. The number of pyridine rings is 1. The molecule has 2 rings (SSSR count). The molecule has 1 aromatic heterocycles. The number of aromatic nitrogens is 1. The Hall–Kier alpha value is -1.49. The average Bonchev–Trinajstić information content (AvgIpc) is 2.39. The highest BCUT2D eigenvalue weighted by molar-refractivity contribution is 5.90. The molecule has 5 heteroatoms. The first kappa shape index (κ1) is 13.9. The quantitative estimate of drug-likeness (QED) is 0.822. The van der Waals surface area contributed by atoms with Crippen LogP contribution in [0.1, 0.15) is 38.5 Å². The zero-order valence-electron chi connectivity index (χ0n) is 11.2. The van der Waals surface area contributed by atoms with Crippen molar-refractivity contribution in [2.45, 2.75) is 44.1 Å². The van der Waals surface area contributed by atoms with E-state index < -0.39 is 5.95 Å². The lowest BCUT2D eigenvalue weighted by molar-refractivity contribution is -0.117. The maximum Gasteiger partial charge on any atom is 0.227 e. The van der Waals surface area contributed by atoms with E-state index in [0.717, 1.165) is 25.7 Å². The minimum Gasteiger partial charge on any atom is -0.314 e. The molecule has 0 bridgehead atoms. The molecule has 1 aromatic rings. The van der Waals surface area contributed by atoms with Gasteiger partial charge in [-0.15, -0.1) is 0 Å². The summed E-state index contributed by atoms with van der Waals surface area (Å²) in [6, 6.07) is 4.38. The van der Waals surface area contributed by atoms with E-state index in [0.29, 0.717) is 6.42 Å². The van der Waals surface area contributed by atoms with Crippen molar-refractivity contribution in [1.29, 1.82) is 0 Å². The van der Waals surface area contributed by atoms with Gasteiger partial charge < -0.3 is 10.6 Å². The molecule has 0 spiro atoms. The predicted molar refractivity (Wildman–Crippen MR) is 72.3 cm³/mol. The first-order chi connectivity index (χ1) is 9.13. The fourth-order valence-electron chi connectivity index (χ4n) is 2.72. The number of amides is 1. The van der Waals surface area contributed by atoms with Gasteiger partial charge in [0.15, 0.2) is 0 Å². The molecular weight excluding hydrogens is 245 g/mol. The minimum absolute atomic E-state index is 0.115. The van der Waals surface area contributed by atoms with Gasteiger partial charge in [0.1, 0.15) is 5.82 Å². The summed E-state index contributed by atoms with van der Waals surface area (Å²) < 4.78 is 12.9. The van der Waals surface area contributed by atoms with E-state index in [1.807, 2.05) is 7.05 Å². The van der Waals surface area contributed by atoms with Crippen LogP contribution in [0.4, 0.5) is 10.2 Å². The van der Waals surface area contributed by atoms with Crippen LogP contribution in [0.25, 0.3) is 0 Å². The van der Waals surface area contributed by atoms with Crippen molar-refractivity contribution in [3.8, 4) is 0 Å². The van der Waals surface area contributed by atoms with Gasteiger partial charge >= 0.3 is 0 Å². The molecule has 1 heterocycles. The Morgan fingerprint density at radius 2 is 2.11 bits per heavy atom. The molecule has 0 atom stereocenters. The van der Waals surface area contributed by atoms with Gasteiger partial charge in [-0.1, -0.05) is 25.3 Å². The molecule has 0 saturated heterocycles. The van der Waals surface area contributed by atoms with E-state index in [2.05, 4.69) is 15.6 Å². The number of carbonyl (C=O) groups excluding carboxylic acids is 1. The lowest BCUT2D eigenvalue weighted by Crippen LogP contribution is -2.47. The van der Waals surface area contributed by atoms with Crippen molar-refractivity contribution >= 4 is 11.7 Å². The number of carbonyl (C=O) groups is 1. The van der Waals surface area contributed by atoms with E-state index in [1.54, 1.807) is 6.07 Å². The number of halogens is 1. The third-order valence-electron chi connectivity index (χ3n) is 3.82. The zero-order valence-corrected chi connectivity index (χ0v) is 11.2. The lowest BCUT2D eigenvalue weighted by Gasteiger charge is -2.36. The fraction of sp³-hybridized carbons (Fsp3) is 0.571. The van der Waals surface area contributed by atoms with Gasteiger partial charge in [0.25, 0.3) is 0 Å². The Morgan fingerprint density at radius 1 is 1.37 bits per heavy atom. The molecule has 1 aliphatic carbocycles. The van der Waals surface area contributed by atoms with Gasteiger partial charge in [-0.2, -0.15) is 4.39 Å². The standard InChI is InChI=1S/C14H20FN3O/c1-16-14(8-3-2-4-9-14)10-13(19)18-12-7-5-6-11(15)17-12/h5-7,16H,2-4,8-10H2,1H3,(H,17,18,19). The molecule has 104 valence electrons. The third-order valence-corrected chi connectivity index (χ3v) is 3.82. The molecule has 0 unspecified atom stereocenters. The summed E-state index contributed by atoms with van der Waals surface area (Å²) in [6.45, 7) is 0. The van der Waals surface area contributed by atoms with Crippen LogP contribution in [0, 0.1) is 5.95 Å². The largest absolute Gasteiger partial charge is 0.314 e. The minimum atomic E-state index is -0.584. The number of rotatable bonds is 4. The van der Waals surface area contributed by atoms with Crippen LogP contribution in [-0.2, 0) is 4.79 Å². The number of hydrogen-bond donors (Lipinski definition) is 2. The number of anilines is 1.